The first-order valence-corrected chi connectivity index (χ1v) is 4.89. The van der Waals surface area contributed by atoms with Crippen molar-refractivity contribution in [1.29, 1.82) is 0 Å². The molecule has 1 unspecified atom stereocenters. The monoisotopic (exact) mass is 261 g/mol. The second-order valence-electron chi connectivity index (χ2n) is 3.39. The van der Waals surface area contributed by atoms with Gasteiger partial charge in [-0.3, -0.25) is 9.59 Å². The van der Waals surface area contributed by atoms with E-state index < -0.39 is 23.9 Å². The van der Waals surface area contributed by atoms with Crippen LogP contribution >= 0.6 is 0 Å². The summed E-state index contributed by atoms with van der Waals surface area (Å²) < 4.78 is 41.8. The Morgan fingerprint density at radius 2 is 2.11 bits per heavy atom. The van der Waals surface area contributed by atoms with Gasteiger partial charge in [0.2, 0.25) is 6.23 Å². The maximum absolute atomic E-state index is 12.4. The summed E-state index contributed by atoms with van der Waals surface area (Å²) in [6, 6.07) is 4.23. The lowest BCUT2D eigenvalue weighted by atomic mass is 10.2. The molecule has 0 aromatic heterocycles. The minimum atomic E-state index is -4.48. The highest BCUT2D eigenvalue weighted by Crippen LogP contribution is 2.30. The highest BCUT2D eigenvalue weighted by Gasteiger charge is 2.30. The first-order chi connectivity index (χ1) is 8.32. The molecule has 0 bridgehead atoms. The Morgan fingerprint density at radius 1 is 1.44 bits per heavy atom. The van der Waals surface area contributed by atoms with Gasteiger partial charge in [0.1, 0.15) is 0 Å². The molecule has 98 valence electrons. The number of alkyl halides is 3. The van der Waals surface area contributed by atoms with Crippen molar-refractivity contribution in [3.05, 3.63) is 29.8 Å². The van der Waals surface area contributed by atoms with Crippen molar-refractivity contribution in [2.24, 2.45) is 0 Å². The Labute approximate surface area is 101 Å². The molecular formula is C11H10F3NO3. The number of esters is 1. The summed E-state index contributed by atoms with van der Waals surface area (Å²) in [7, 11) is 0. The minimum absolute atomic E-state index is 0.0307. The smallest absolute Gasteiger partial charge is 0.416 e. The molecule has 0 saturated heterocycles. The van der Waals surface area contributed by atoms with Crippen LogP contribution in [-0.4, -0.2) is 18.5 Å². The van der Waals surface area contributed by atoms with Gasteiger partial charge < -0.3 is 10.1 Å². The summed E-state index contributed by atoms with van der Waals surface area (Å²) in [5.41, 5.74) is -0.830. The van der Waals surface area contributed by atoms with E-state index in [-0.39, 0.29) is 12.0 Å². The summed E-state index contributed by atoms with van der Waals surface area (Å²) in [6.07, 6.45) is -5.51. The number of ether oxygens (including phenoxy) is 1. The van der Waals surface area contributed by atoms with Crippen LogP contribution in [0, 0.1) is 0 Å². The first kappa shape index (κ1) is 14.0. The summed E-state index contributed by atoms with van der Waals surface area (Å²) >= 11 is 0. The number of carbonyl (C=O) groups excluding carboxylic acids is 2. The fraction of sp³-hybridized carbons (Fsp3) is 0.273. The number of aldehydes is 1. The summed E-state index contributed by atoms with van der Waals surface area (Å²) in [4.78, 5) is 21.2. The van der Waals surface area contributed by atoms with E-state index >= 15 is 0 Å². The van der Waals surface area contributed by atoms with Gasteiger partial charge in [-0.1, -0.05) is 6.07 Å². The third-order valence-corrected chi connectivity index (χ3v) is 1.92. The summed E-state index contributed by atoms with van der Waals surface area (Å²) in [6.45, 7) is 1.09. The molecule has 0 aliphatic rings. The Kier molecular flexibility index (Phi) is 4.30. The van der Waals surface area contributed by atoms with Crippen molar-refractivity contribution < 1.29 is 27.5 Å². The molecular weight excluding hydrogens is 251 g/mol. The number of anilines is 1. The van der Waals surface area contributed by atoms with E-state index in [4.69, 9.17) is 0 Å². The van der Waals surface area contributed by atoms with Crippen LogP contribution in [-0.2, 0) is 20.5 Å². The predicted molar refractivity (Wildman–Crippen MR) is 56.7 cm³/mol. The molecule has 0 amide bonds. The van der Waals surface area contributed by atoms with E-state index in [9.17, 15) is 22.8 Å². The summed E-state index contributed by atoms with van der Waals surface area (Å²) in [5, 5.41) is 2.36. The number of nitrogens with one attached hydrogen (secondary N) is 1. The Bertz CT molecular complexity index is 445. The van der Waals surface area contributed by atoms with Crippen molar-refractivity contribution in [1.82, 2.24) is 0 Å². The average Bonchev–Trinajstić information content (AvgIpc) is 2.26. The maximum Gasteiger partial charge on any atom is 0.416 e. The molecule has 0 aliphatic carbocycles. The molecule has 0 aliphatic heterocycles. The highest BCUT2D eigenvalue weighted by molar-refractivity contribution is 5.72. The van der Waals surface area contributed by atoms with Crippen LogP contribution in [0.5, 0.6) is 0 Å². The van der Waals surface area contributed by atoms with Crippen molar-refractivity contribution in [2.45, 2.75) is 19.3 Å². The second-order valence-corrected chi connectivity index (χ2v) is 3.39. The van der Waals surface area contributed by atoms with Crippen LogP contribution in [0.4, 0.5) is 18.9 Å². The lowest BCUT2D eigenvalue weighted by Gasteiger charge is -2.15. The van der Waals surface area contributed by atoms with E-state index in [1.165, 1.54) is 12.1 Å². The van der Waals surface area contributed by atoms with Gasteiger partial charge in [-0.25, -0.2) is 0 Å². The minimum Gasteiger partial charge on any atom is -0.435 e. The molecule has 18 heavy (non-hydrogen) atoms. The van der Waals surface area contributed by atoms with E-state index in [1.807, 2.05) is 0 Å². The molecule has 0 radical (unpaired) electrons. The van der Waals surface area contributed by atoms with E-state index in [1.54, 1.807) is 0 Å². The zero-order chi connectivity index (χ0) is 13.8. The number of benzene rings is 1. The normalized spacial score (nSPS) is 12.7. The van der Waals surface area contributed by atoms with Crippen LogP contribution < -0.4 is 5.32 Å². The Hall–Kier alpha value is -2.05. The molecule has 1 atom stereocenters. The number of hydrogen-bond acceptors (Lipinski definition) is 4. The zero-order valence-corrected chi connectivity index (χ0v) is 9.32. The third kappa shape index (κ3) is 4.08. The number of hydrogen-bond donors (Lipinski definition) is 1. The Morgan fingerprint density at radius 3 is 2.61 bits per heavy atom. The maximum atomic E-state index is 12.4. The van der Waals surface area contributed by atoms with E-state index in [0.29, 0.717) is 0 Å². The van der Waals surface area contributed by atoms with Gasteiger partial charge in [-0.15, -0.1) is 0 Å². The lowest BCUT2D eigenvalue weighted by Crippen LogP contribution is -2.26. The van der Waals surface area contributed by atoms with Crippen LogP contribution in [0.1, 0.15) is 12.5 Å². The van der Waals surface area contributed by atoms with Crippen molar-refractivity contribution in [3.8, 4) is 0 Å². The van der Waals surface area contributed by atoms with Gasteiger partial charge in [-0.2, -0.15) is 13.2 Å². The number of carbonyl (C=O) groups is 2. The van der Waals surface area contributed by atoms with Crippen LogP contribution in [0.25, 0.3) is 0 Å². The van der Waals surface area contributed by atoms with Crippen LogP contribution in [0.3, 0.4) is 0 Å². The van der Waals surface area contributed by atoms with Crippen LogP contribution in [0.15, 0.2) is 24.3 Å². The van der Waals surface area contributed by atoms with Gasteiger partial charge in [0.25, 0.3) is 0 Å². The molecule has 0 fully saturated rings. The molecule has 1 aromatic carbocycles. The molecule has 1 aromatic rings. The fourth-order valence-corrected chi connectivity index (χ4v) is 1.22. The fourth-order valence-electron chi connectivity index (χ4n) is 1.22. The molecule has 1 rings (SSSR count). The molecule has 7 heteroatoms. The first-order valence-electron chi connectivity index (χ1n) is 4.89. The second kappa shape index (κ2) is 5.52. The average molecular weight is 261 g/mol. The van der Waals surface area contributed by atoms with Crippen LogP contribution in [0.2, 0.25) is 0 Å². The van der Waals surface area contributed by atoms with Gasteiger partial charge >= 0.3 is 12.1 Å². The van der Waals surface area contributed by atoms with E-state index in [2.05, 4.69) is 10.1 Å². The van der Waals surface area contributed by atoms with Gasteiger partial charge in [0.05, 0.1) is 5.56 Å². The lowest BCUT2D eigenvalue weighted by molar-refractivity contribution is -0.147. The van der Waals surface area contributed by atoms with Crippen molar-refractivity contribution >= 4 is 17.9 Å². The van der Waals surface area contributed by atoms with E-state index in [0.717, 1.165) is 19.1 Å². The quantitative estimate of drug-likeness (QED) is 0.513. The highest BCUT2D eigenvalue weighted by atomic mass is 19.4. The van der Waals surface area contributed by atoms with Gasteiger partial charge in [0.15, 0.2) is 6.29 Å². The topological polar surface area (TPSA) is 55.4 Å². The number of rotatable bonds is 4. The summed E-state index contributed by atoms with van der Waals surface area (Å²) in [5.74, 6) is -0.716. The molecule has 4 nitrogen and oxygen atoms in total. The molecule has 1 N–H and O–H groups in total. The molecule has 0 saturated carbocycles. The zero-order valence-electron chi connectivity index (χ0n) is 9.32. The van der Waals surface area contributed by atoms with Gasteiger partial charge in [-0.05, 0) is 18.2 Å². The SMILES string of the molecule is CC(=O)OC(C=O)Nc1cccc(C(F)(F)F)c1. The van der Waals surface area contributed by atoms with Crippen molar-refractivity contribution in [3.63, 3.8) is 0 Å². The van der Waals surface area contributed by atoms with Crippen molar-refractivity contribution in [2.75, 3.05) is 5.32 Å². The molecule has 0 spiro atoms. The standard InChI is InChI=1S/C11H10F3NO3/c1-7(17)18-10(6-16)15-9-4-2-3-8(5-9)11(12,13)14/h2-6,10,15H,1H3. The van der Waals surface area contributed by atoms with Gasteiger partial charge in [0, 0.05) is 12.6 Å². The Balaban J connectivity index is 2.84. The molecule has 0 heterocycles. The predicted octanol–water partition coefficient (Wildman–Crippen LogP) is 2.21. The largest absolute Gasteiger partial charge is 0.435 e. The third-order valence-electron chi connectivity index (χ3n) is 1.92. The number of halogens is 3.